The number of carbonyl (C=O) groups is 1. The van der Waals surface area contributed by atoms with Gasteiger partial charge in [0.1, 0.15) is 0 Å². The van der Waals surface area contributed by atoms with E-state index in [0.717, 1.165) is 6.07 Å². The van der Waals surface area contributed by atoms with Crippen molar-refractivity contribution >= 4 is 11.6 Å². The third kappa shape index (κ3) is 2.92. The van der Waals surface area contributed by atoms with Crippen molar-refractivity contribution in [3.8, 4) is 5.75 Å². The minimum atomic E-state index is -4.80. The quantitative estimate of drug-likeness (QED) is 0.873. The number of ether oxygens (including phenoxy) is 1. The van der Waals surface area contributed by atoms with Gasteiger partial charge in [-0.2, -0.15) is 0 Å². The van der Waals surface area contributed by atoms with E-state index < -0.39 is 23.6 Å². The molecule has 0 saturated heterocycles. The van der Waals surface area contributed by atoms with Crippen LogP contribution in [0.1, 0.15) is 12.8 Å². The van der Waals surface area contributed by atoms with Gasteiger partial charge in [-0.1, -0.05) is 12.1 Å². The highest BCUT2D eigenvalue weighted by atomic mass is 19.4. The fraction of sp³-hybridized carbons (Fsp3) is 0.364. The summed E-state index contributed by atoms with van der Waals surface area (Å²) in [5, 5.41) is 2.35. The van der Waals surface area contributed by atoms with E-state index in [0.29, 0.717) is 12.8 Å². The van der Waals surface area contributed by atoms with Crippen molar-refractivity contribution in [2.24, 2.45) is 5.73 Å². The predicted octanol–water partition coefficient (Wildman–Crippen LogP) is 2.01. The van der Waals surface area contributed by atoms with Crippen molar-refractivity contribution in [2.75, 3.05) is 5.32 Å². The van der Waals surface area contributed by atoms with Crippen LogP contribution in [0.3, 0.4) is 0 Å². The number of amides is 1. The Morgan fingerprint density at radius 2 is 1.94 bits per heavy atom. The van der Waals surface area contributed by atoms with Crippen LogP contribution in [-0.4, -0.2) is 17.8 Å². The zero-order chi connectivity index (χ0) is 13.4. The molecule has 0 aromatic heterocycles. The van der Waals surface area contributed by atoms with E-state index in [2.05, 4.69) is 10.1 Å². The normalized spacial score (nSPS) is 17.1. The lowest BCUT2D eigenvalue weighted by Crippen LogP contribution is -2.38. The Morgan fingerprint density at radius 1 is 1.33 bits per heavy atom. The molecule has 0 aliphatic heterocycles. The maximum atomic E-state index is 12.1. The summed E-state index contributed by atoms with van der Waals surface area (Å²) in [6.45, 7) is 0. The molecule has 1 aliphatic carbocycles. The molecule has 2 rings (SSSR count). The van der Waals surface area contributed by atoms with Gasteiger partial charge in [0.25, 0.3) is 0 Å². The van der Waals surface area contributed by atoms with Gasteiger partial charge in [-0.15, -0.1) is 13.2 Å². The number of nitrogens with two attached hydrogens (primary N) is 1. The Morgan fingerprint density at radius 3 is 2.50 bits per heavy atom. The molecule has 0 heterocycles. The second-order valence-corrected chi connectivity index (χ2v) is 4.15. The van der Waals surface area contributed by atoms with E-state index in [1.165, 1.54) is 18.2 Å². The van der Waals surface area contributed by atoms with Crippen molar-refractivity contribution in [3.05, 3.63) is 24.3 Å². The molecule has 1 aromatic carbocycles. The van der Waals surface area contributed by atoms with Crippen LogP contribution in [0.25, 0.3) is 0 Å². The largest absolute Gasteiger partial charge is 0.573 e. The molecule has 0 bridgehead atoms. The van der Waals surface area contributed by atoms with Crippen LogP contribution in [0.4, 0.5) is 18.9 Å². The lowest BCUT2D eigenvalue weighted by molar-refractivity contribution is -0.274. The predicted molar refractivity (Wildman–Crippen MR) is 57.9 cm³/mol. The van der Waals surface area contributed by atoms with Crippen molar-refractivity contribution in [3.63, 3.8) is 0 Å². The van der Waals surface area contributed by atoms with Crippen LogP contribution < -0.4 is 15.8 Å². The summed E-state index contributed by atoms with van der Waals surface area (Å²) in [5.41, 5.74) is 4.64. The van der Waals surface area contributed by atoms with E-state index in [4.69, 9.17) is 5.73 Å². The minimum absolute atomic E-state index is 0.0449. The number of alkyl halides is 3. The van der Waals surface area contributed by atoms with E-state index in [9.17, 15) is 18.0 Å². The van der Waals surface area contributed by atoms with E-state index in [1.54, 1.807) is 0 Å². The first kappa shape index (κ1) is 12.7. The Kier molecular flexibility index (Phi) is 2.94. The third-order valence-electron chi connectivity index (χ3n) is 2.60. The molecule has 0 unspecified atom stereocenters. The monoisotopic (exact) mass is 260 g/mol. The molecule has 1 aromatic rings. The summed E-state index contributed by atoms with van der Waals surface area (Å²) in [7, 11) is 0. The highest BCUT2D eigenvalue weighted by molar-refractivity contribution is 6.00. The molecule has 0 radical (unpaired) electrons. The topological polar surface area (TPSA) is 64.4 Å². The molecule has 0 atom stereocenters. The first-order valence-corrected chi connectivity index (χ1v) is 5.25. The lowest BCUT2D eigenvalue weighted by atomic mass is 10.2. The van der Waals surface area contributed by atoms with Gasteiger partial charge in [0.2, 0.25) is 5.91 Å². The Hall–Kier alpha value is -1.76. The average molecular weight is 260 g/mol. The smallest absolute Gasteiger partial charge is 0.404 e. The molecular formula is C11H11F3N2O2. The second-order valence-electron chi connectivity index (χ2n) is 4.15. The summed E-state index contributed by atoms with van der Waals surface area (Å²) in [4.78, 5) is 11.6. The number of carbonyl (C=O) groups excluding carboxylic acids is 1. The number of hydrogen-bond acceptors (Lipinski definition) is 3. The van der Waals surface area contributed by atoms with E-state index in [-0.39, 0.29) is 5.69 Å². The summed E-state index contributed by atoms with van der Waals surface area (Å²) in [5.74, 6) is -0.955. The summed E-state index contributed by atoms with van der Waals surface area (Å²) in [6.07, 6.45) is -3.75. The fourth-order valence-corrected chi connectivity index (χ4v) is 1.39. The number of hydrogen-bond donors (Lipinski definition) is 2. The zero-order valence-corrected chi connectivity index (χ0v) is 9.25. The molecule has 98 valence electrons. The van der Waals surface area contributed by atoms with Gasteiger partial charge < -0.3 is 15.8 Å². The number of benzene rings is 1. The fourth-order valence-electron chi connectivity index (χ4n) is 1.39. The van der Waals surface area contributed by atoms with Gasteiger partial charge in [0.05, 0.1) is 11.2 Å². The summed E-state index contributed by atoms with van der Waals surface area (Å²) in [6, 6.07) is 5.32. The van der Waals surface area contributed by atoms with Crippen LogP contribution in [0.2, 0.25) is 0 Å². The summed E-state index contributed by atoms with van der Waals surface area (Å²) < 4.78 is 40.2. The third-order valence-corrected chi connectivity index (χ3v) is 2.60. The Bertz CT molecular complexity index is 470. The number of anilines is 1. The van der Waals surface area contributed by atoms with Crippen molar-refractivity contribution in [1.82, 2.24) is 0 Å². The Balaban J connectivity index is 2.15. The van der Waals surface area contributed by atoms with Crippen molar-refractivity contribution in [1.29, 1.82) is 0 Å². The van der Waals surface area contributed by atoms with Crippen molar-refractivity contribution in [2.45, 2.75) is 24.7 Å². The molecule has 1 fully saturated rings. The van der Waals surface area contributed by atoms with Gasteiger partial charge >= 0.3 is 6.36 Å². The van der Waals surface area contributed by atoms with Gasteiger partial charge in [-0.3, -0.25) is 4.79 Å². The molecule has 4 nitrogen and oxygen atoms in total. The molecular weight excluding hydrogens is 249 g/mol. The van der Waals surface area contributed by atoms with Gasteiger partial charge in [0, 0.05) is 0 Å². The summed E-state index contributed by atoms with van der Waals surface area (Å²) >= 11 is 0. The maximum absolute atomic E-state index is 12.1. The van der Waals surface area contributed by atoms with E-state index >= 15 is 0 Å². The number of para-hydroxylation sites is 2. The SMILES string of the molecule is NC1(C(=O)Nc2ccccc2OC(F)(F)F)CC1. The average Bonchev–Trinajstić information content (AvgIpc) is 2.99. The molecule has 0 spiro atoms. The maximum Gasteiger partial charge on any atom is 0.573 e. The van der Waals surface area contributed by atoms with Crippen LogP contribution >= 0.6 is 0 Å². The highest BCUT2D eigenvalue weighted by Gasteiger charge is 2.46. The molecule has 7 heteroatoms. The van der Waals surface area contributed by atoms with Gasteiger partial charge in [-0.05, 0) is 25.0 Å². The second kappa shape index (κ2) is 4.16. The standard InChI is InChI=1S/C11H11F3N2O2/c12-11(13,14)18-8-4-2-1-3-7(8)16-9(17)10(15)5-6-10/h1-4H,5-6,15H2,(H,16,17). The molecule has 3 N–H and O–H groups in total. The Labute approximate surface area is 101 Å². The number of rotatable bonds is 3. The van der Waals surface area contributed by atoms with Crippen LogP contribution in [0, 0.1) is 0 Å². The van der Waals surface area contributed by atoms with Crippen LogP contribution in [-0.2, 0) is 4.79 Å². The van der Waals surface area contributed by atoms with Crippen LogP contribution in [0.15, 0.2) is 24.3 Å². The van der Waals surface area contributed by atoms with Crippen molar-refractivity contribution < 1.29 is 22.7 Å². The molecule has 1 aliphatic rings. The highest BCUT2D eigenvalue weighted by Crippen LogP contribution is 2.35. The number of nitrogens with one attached hydrogen (secondary N) is 1. The first-order valence-electron chi connectivity index (χ1n) is 5.25. The van der Waals surface area contributed by atoms with E-state index in [1.807, 2.05) is 0 Å². The first-order chi connectivity index (χ1) is 8.30. The lowest BCUT2D eigenvalue weighted by Gasteiger charge is -2.15. The van der Waals surface area contributed by atoms with Gasteiger partial charge in [0.15, 0.2) is 5.75 Å². The minimum Gasteiger partial charge on any atom is -0.404 e. The molecule has 1 amide bonds. The van der Waals surface area contributed by atoms with Crippen LogP contribution in [0.5, 0.6) is 5.75 Å². The molecule has 18 heavy (non-hydrogen) atoms. The molecule has 1 saturated carbocycles. The number of halogens is 3. The zero-order valence-electron chi connectivity index (χ0n) is 9.25. The van der Waals surface area contributed by atoms with Gasteiger partial charge in [-0.25, -0.2) is 0 Å².